The van der Waals surface area contributed by atoms with Crippen molar-refractivity contribution in [2.24, 2.45) is 0 Å². The van der Waals surface area contributed by atoms with Crippen LogP contribution in [0.1, 0.15) is 25.5 Å². The number of ether oxygens (including phenoxy) is 1. The van der Waals surface area contributed by atoms with Crippen molar-refractivity contribution in [3.8, 4) is 0 Å². The van der Waals surface area contributed by atoms with E-state index < -0.39 is 0 Å². The minimum atomic E-state index is 0.314. The average molecular weight is 194 g/mol. The number of pyridine rings is 1. The van der Waals surface area contributed by atoms with Gasteiger partial charge in [-0.1, -0.05) is 6.07 Å². The number of nitrogens with zero attached hydrogens (tertiary/aromatic N) is 1. The maximum Gasteiger partial charge on any atom is 0.0613 e. The van der Waals surface area contributed by atoms with Gasteiger partial charge in [0.2, 0.25) is 0 Å². The highest BCUT2D eigenvalue weighted by Gasteiger charge is 2.08. The van der Waals surface area contributed by atoms with Crippen LogP contribution < -0.4 is 5.32 Å². The zero-order valence-corrected chi connectivity index (χ0v) is 9.03. The van der Waals surface area contributed by atoms with Gasteiger partial charge in [0, 0.05) is 31.6 Å². The van der Waals surface area contributed by atoms with Crippen LogP contribution in [0.2, 0.25) is 0 Å². The van der Waals surface area contributed by atoms with Crippen LogP contribution in [-0.4, -0.2) is 24.7 Å². The van der Waals surface area contributed by atoms with Crippen LogP contribution in [0.4, 0.5) is 0 Å². The molecule has 3 nitrogen and oxygen atoms in total. The van der Waals surface area contributed by atoms with Crippen LogP contribution >= 0.6 is 0 Å². The highest BCUT2D eigenvalue weighted by atomic mass is 16.5. The monoisotopic (exact) mass is 194 g/mol. The molecule has 1 unspecified atom stereocenters. The fourth-order valence-corrected chi connectivity index (χ4v) is 1.45. The molecule has 1 N–H and O–H groups in total. The predicted molar refractivity (Wildman–Crippen MR) is 57.1 cm³/mol. The molecule has 2 atom stereocenters. The van der Waals surface area contributed by atoms with Gasteiger partial charge in [0.05, 0.1) is 6.61 Å². The van der Waals surface area contributed by atoms with E-state index in [9.17, 15) is 0 Å². The third kappa shape index (κ3) is 3.44. The second kappa shape index (κ2) is 5.73. The molecule has 0 aliphatic rings. The Kier molecular flexibility index (Phi) is 4.56. The Balaban J connectivity index is 2.46. The molecule has 0 bridgehead atoms. The molecule has 0 saturated heterocycles. The van der Waals surface area contributed by atoms with Gasteiger partial charge < -0.3 is 10.1 Å². The Bertz CT molecular complexity index is 251. The molecule has 0 aromatic carbocycles. The molecule has 1 rings (SSSR count). The normalized spacial score (nSPS) is 15.1. The second-order valence-corrected chi connectivity index (χ2v) is 3.53. The molecule has 3 heteroatoms. The lowest BCUT2D eigenvalue weighted by Crippen LogP contribution is -2.32. The van der Waals surface area contributed by atoms with Gasteiger partial charge >= 0.3 is 0 Å². The van der Waals surface area contributed by atoms with Gasteiger partial charge in [-0.2, -0.15) is 0 Å². The number of aromatic nitrogens is 1. The largest absolute Gasteiger partial charge is 0.383 e. The van der Waals surface area contributed by atoms with Crippen LogP contribution in [0, 0.1) is 0 Å². The summed E-state index contributed by atoms with van der Waals surface area (Å²) in [5.41, 5.74) is 1.20. The topological polar surface area (TPSA) is 34.1 Å². The molecular formula is C11H18N2O. The molecule has 0 amide bonds. The highest BCUT2D eigenvalue weighted by Crippen LogP contribution is 2.10. The first-order valence-electron chi connectivity index (χ1n) is 4.89. The Morgan fingerprint density at radius 2 is 2.29 bits per heavy atom. The second-order valence-electron chi connectivity index (χ2n) is 3.53. The van der Waals surface area contributed by atoms with E-state index in [4.69, 9.17) is 4.74 Å². The third-order valence-electron chi connectivity index (χ3n) is 2.14. The molecule has 1 aromatic heterocycles. The third-order valence-corrected chi connectivity index (χ3v) is 2.14. The summed E-state index contributed by atoms with van der Waals surface area (Å²) in [5, 5.41) is 3.43. The smallest absolute Gasteiger partial charge is 0.0613 e. The number of methoxy groups -OCH3 is 1. The fourth-order valence-electron chi connectivity index (χ4n) is 1.45. The summed E-state index contributed by atoms with van der Waals surface area (Å²) in [4.78, 5) is 4.09. The van der Waals surface area contributed by atoms with Crippen LogP contribution in [-0.2, 0) is 4.74 Å². The van der Waals surface area contributed by atoms with Gasteiger partial charge in [-0.3, -0.25) is 4.98 Å². The van der Waals surface area contributed by atoms with Gasteiger partial charge in [0.1, 0.15) is 0 Å². The van der Waals surface area contributed by atoms with E-state index in [2.05, 4.69) is 30.2 Å². The Hall–Kier alpha value is -0.930. The molecule has 78 valence electrons. The summed E-state index contributed by atoms with van der Waals surface area (Å²) in [5.74, 6) is 0. The van der Waals surface area contributed by atoms with Crippen molar-refractivity contribution in [1.29, 1.82) is 0 Å². The van der Waals surface area contributed by atoms with E-state index in [0.29, 0.717) is 12.1 Å². The van der Waals surface area contributed by atoms with E-state index in [-0.39, 0.29) is 0 Å². The molecular weight excluding hydrogens is 176 g/mol. The molecule has 0 saturated carbocycles. The summed E-state index contributed by atoms with van der Waals surface area (Å²) in [7, 11) is 1.72. The van der Waals surface area contributed by atoms with Gasteiger partial charge in [-0.25, -0.2) is 0 Å². The summed E-state index contributed by atoms with van der Waals surface area (Å²) in [6, 6.07) is 4.70. The Morgan fingerprint density at radius 1 is 1.50 bits per heavy atom. The molecule has 0 radical (unpaired) electrons. The lowest BCUT2D eigenvalue weighted by Gasteiger charge is -2.19. The van der Waals surface area contributed by atoms with E-state index >= 15 is 0 Å². The minimum Gasteiger partial charge on any atom is -0.383 e. The van der Waals surface area contributed by atoms with Crippen molar-refractivity contribution in [2.45, 2.75) is 25.9 Å². The first-order chi connectivity index (χ1) is 6.74. The van der Waals surface area contributed by atoms with Crippen LogP contribution in [0.3, 0.4) is 0 Å². The van der Waals surface area contributed by atoms with Gasteiger partial charge in [-0.15, -0.1) is 0 Å². The first-order valence-corrected chi connectivity index (χ1v) is 4.89. The van der Waals surface area contributed by atoms with E-state index in [1.54, 1.807) is 13.3 Å². The summed E-state index contributed by atoms with van der Waals surface area (Å²) >= 11 is 0. The van der Waals surface area contributed by atoms with Crippen molar-refractivity contribution in [3.05, 3.63) is 30.1 Å². The molecule has 0 aliphatic carbocycles. The summed E-state index contributed by atoms with van der Waals surface area (Å²) < 4.78 is 5.06. The number of hydrogen-bond acceptors (Lipinski definition) is 3. The minimum absolute atomic E-state index is 0.314. The number of hydrogen-bond donors (Lipinski definition) is 1. The Morgan fingerprint density at radius 3 is 2.86 bits per heavy atom. The fraction of sp³-hybridized carbons (Fsp3) is 0.545. The number of rotatable bonds is 5. The molecule has 0 aliphatic heterocycles. The zero-order valence-electron chi connectivity index (χ0n) is 9.03. The van der Waals surface area contributed by atoms with Gasteiger partial charge in [0.25, 0.3) is 0 Å². The molecule has 0 spiro atoms. The maximum atomic E-state index is 5.06. The average Bonchev–Trinajstić information content (AvgIpc) is 2.19. The maximum absolute atomic E-state index is 5.06. The van der Waals surface area contributed by atoms with E-state index in [1.165, 1.54) is 5.56 Å². The lowest BCUT2D eigenvalue weighted by atomic mass is 10.1. The van der Waals surface area contributed by atoms with Gasteiger partial charge in [0.15, 0.2) is 0 Å². The van der Waals surface area contributed by atoms with Crippen molar-refractivity contribution in [3.63, 3.8) is 0 Å². The van der Waals surface area contributed by atoms with Crippen LogP contribution in [0.15, 0.2) is 24.5 Å². The standard InChI is InChI=1S/C11H18N2O/c1-9(8-14-3)13-10(2)11-5-4-6-12-7-11/h4-7,9-10,13H,8H2,1-3H3/t9?,10-/m1/s1. The first kappa shape index (κ1) is 11.1. The van der Waals surface area contributed by atoms with Crippen molar-refractivity contribution < 1.29 is 4.74 Å². The predicted octanol–water partition coefficient (Wildman–Crippen LogP) is 1.77. The molecule has 1 aromatic rings. The summed E-state index contributed by atoms with van der Waals surface area (Å²) in [6.07, 6.45) is 3.67. The molecule has 1 heterocycles. The molecule has 0 fully saturated rings. The van der Waals surface area contributed by atoms with E-state index in [1.807, 2.05) is 12.3 Å². The van der Waals surface area contributed by atoms with Crippen LogP contribution in [0.5, 0.6) is 0 Å². The highest BCUT2D eigenvalue weighted by molar-refractivity contribution is 5.12. The number of nitrogens with one attached hydrogen (secondary N) is 1. The molecule has 14 heavy (non-hydrogen) atoms. The summed E-state index contributed by atoms with van der Waals surface area (Å²) in [6.45, 7) is 4.96. The van der Waals surface area contributed by atoms with Crippen molar-refractivity contribution in [1.82, 2.24) is 10.3 Å². The van der Waals surface area contributed by atoms with E-state index in [0.717, 1.165) is 6.61 Å². The SMILES string of the molecule is COCC(C)N[C@H](C)c1cccnc1. The van der Waals surface area contributed by atoms with Crippen LogP contribution in [0.25, 0.3) is 0 Å². The lowest BCUT2D eigenvalue weighted by molar-refractivity contribution is 0.167. The van der Waals surface area contributed by atoms with Gasteiger partial charge in [-0.05, 0) is 25.5 Å². The quantitative estimate of drug-likeness (QED) is 0.775. The zero-order chi connectivity index (χ0) is 10.4. The Labute approximate surface area is 85.5 Å². The van der Waals surface area contributed by atoms with Crippen molar-refractivity contribution in [2.75, 3.05) is 13.7 Å². The van der Waals surface area contributed by atoms with Crippen molar-refractivity contribution >= 4 is 0 Å².